The van der Waals surface area contributed by atoms with E-state index in [1.807, 2.05) is 24.0 Å². The molecule has 1 N–H and O–H groups in total. The van der Waals surface area contributed by atoms with Crippen molar-refractivity contribution in [1.29, 1.82) is 0 Å². The lowest BCUT2D eigenvalue weighted by molar-refractivity contribution is 0.0737. The van der Waals surface area contributed by atoms with E-state index in [2.05, 4.69) is 15.2 Å². The van der Waals surface area contributed by atoms with Crippen LogP contribution in [0.25, 0.3) is 0 Å². The van der Waals surface area contributed by atoms with Crippen molar-refractivity contribution in [3.63, 3.8) is 0 Å². The molecule has 0 bridgehead atoms. The minimum absolute atomic E-state index is 0.0757. The van der Waals surface area contributed by atoms with Crippen molar-refractivity contribution < 1.29 is 4.79 Å². The highest BCUT2D eigenvalue weighted by Crippen LogP contribution is 2.22. The number of hydrogen-bond donors (Lipinski definition) is 1. The van der Waals surface area contributed by atoms with Crippen LogP contribution in [0.2, 0.25) is 0 Å². The van der Waals surface area contributed by atoms with E-state index in [-0.39, 0.29) is 5.91 Å². The van der Waals surface area contributed by atoms with Crippen LogP contribution in [0.15, 0.2) is 18.3 Å². The van der Waals surface area contributed by atoms with Gasteiger partial charge in [-0.3, -0.25) is 9.69 Å². The Kier molecular flexibility index (Phi) is 4.39. The Balaban J connectivity index is 1.68. The molecule has 114 valence electrons. The lowest BCUT2D eigenvalue weighted by atomic mass is 10.2. The van der Waals surface area contributed by atoms with E-state index in [4.69, 9.17) is 0 Å². The van der Waals surface area contributed by atoms with Gasteiger partial charge >= 0.3 is 0 Å². The maximum absolute atomic E-state index is 12.6. The third kappa shape index (κ3) is 3.18. The number of anilines is 1. The normalized spacial score (nSPS) is 22.7. The molecule has 1 amide bonds. The van der Waals surface area contributed by atoms with Crippen LogP contribution in [-0.2, 0) is 0 Å². The van der Waals surface area contributed by atoms with E-state index in [9.17, 15) is 4.79 Å². The van der Waals surface area contributed by atoms with E-state index >= 15 is 0 Å². The van der Waals surface area contributed by atoms with Crippen molar-refractivity contribution in [2.45, 2.75) is 32.2 Å². The monoisotopic (exact) mass is 288 g/mol. The number of carbonyl (C=O) groups is 1. The number of carbonyl (C=O) groups excluding carboxylic acids is 1. The molecule has 1 unspecified atom stereocenters. The van der Waals surface area contributed by atoms with E-state index in [1.165, 1.54) is 19.4 Å². The summed E-state index contributed by atoms with van der Waals surface area (Å²) in [5.74, 6) is 0.0757. The van der Waals surface area contributed by atoms with Gasteiger partial charge in [0.2, 0.25) is 0 Å². The number of amides is 1. The van der Waals surface area contributed by atoms with Gasteiger partial charge in [-0.2, -0.15) is 0 Å². The van der Waals surface area contributed by atoms with Gasteiger partial charge in [-0.05, 0) is 44.9 Å². The summed E-state index contributed by atoms with van der Waals surface area (Å²) in [6.07, 6.45) is 5.30. The predicted octanol–water partition coefficient (Wildman–Crippen LogP) is 1.82. The van der Waals surface area contributed by atoms with Gasteiger partial charge in [0, 0.05) is 32.2 Å². The van der Waals surface area contributed by atoms with Crippen molar-refractivity contribution in [3.8, 4) is 0 Å². The minimum Gasteiger partial charge on any atom is -0.384 e. The van der Waals surface area contributed by atoms with Crippen molar-refractivity contribution in [2.75, 3.05) is 38.0 Å². The first kappa shape index (κ1) is 14.3. The van der Waals surface area contributed by atoms with Gasteiger partial charge in [0.25, 0.3) is 5.91 Å². The number of rotatable bonds is 3. The van der Waals surface area contributed by atoms with Crippen LogP contribution < -0.4 is 5.32 Å². The molecule has 0 radical (unpaired) electrons. The molecule has 5 nitrogen and oxygen atoms in total. The van der Waals surface area contributed by atoms with E-state index < -0.39 is 0 Å². The third-order valence-corrected chi connectivity index (χ3v) is 4.45. The van der Waals surface area contributed by atoms with Gasteiger partial charge in [-0.15, -0.1) is 0 Å². The smallest absolute Gasteiger partial charge is 0.272 e. The largest absolute Gasteiger partial charge is 0.384 e. The van der Waals surface area contributed by atoms with Gasteiger partial charge in [0.05, 0.1) is 11.9 Å². The summed E-state index contributed by atoms with van der Waals surface area (Å²) in [5.41, 5.74) is 1.52. The minimum atomic E-state index is 0.0757. The number of fused-ring (bicyclic) bond motifs is 1. The Hall–Kier alpha value is -1.62. The van der Waals surface area contributed by atoms with Crippen LogP contribution in [0, 0.1) is 0 Å². The summed E-state index contributed by atoms with van der Waals surface area (Å²) >= 11 is 0. The van der Waals surface area contributed by atoms with Gasteiger partial charge in [-0.25, -0.2) is 4.98 Å². The van der Waals surface area contributed by atoms with Crippen LogP contribution in [0.4, 0.5) is 5.69 Å². The summed E-state index contributed by atoms with van der Waals surface area (Å²) in [6, 6.07) is 4.32. The molecule has 2 fully saturated rings. The van der Waals surface area contributed by atoms with Crippen molar-refractivity contribution in [2.24, 2.45) is 0 Å². The number of nitrogens with one attached hydrogen (secondary N) is 1. The molecule has 1 atom stereocenters. The summed E-state index contributed by atoms with van der Waals surface area (Å²) in [7, 11) is 0. The standard InChI is InChI=1S/C16H24N4O/c1-2-17-13-6-7-15(18-11-13)16(21)20-10-4-9-19-8-3-5-14(19)12-20/h6-7,11,14,17H,2-5,8-10,12H2,1H3. The first-order valence-electron chi connectivity index (χ1n) is 8.01. The summed E-state index contributed by atoms with van der Waals surface area (Å²) < 4.78 is 0. The number of aromatic nitrogens is 1. The predicted molar refractivity (Wildman–Crippen MR) is 83.5 cm³/mol. The van der Waals surface area contributed by atoms with Crippen LogP contribution >= 0.6 is 0 Å². The molecule has 21 heavy (non-hydrogen) atoms. The second kappa shape index (κ2) is 6.43. The topological polar surface area (TPSA) is 48.5 Å². The quantitative estimate of drug-likeness (QED) is 0.922. The molecule has 3 heterocycles. The van der Waals surface area contributed by atoms with Crippen LogP contribution in [-0.4, -0.2) is 59.5 Å². The highest BCUT2D eigenvalue weighted by atomic mass is 16.2. The Morgan fingerprint density at radius 3 is 2.95 bits per heavy atom. The van der Waals surface area contributed by atoms with Gasteiger partial charge < -0.3 is 10.2 Å². The molecule has 0 spiro atoms. The second-order valence-electron chi connectivity index (χ2n) is 5.90. The summed E-state index contributed by atoms with van der Waals surface area (Å²) in [6.45, 7) is 6.93. The fourth-order valence-electron chi connectivity index (χ4n) is 3.38. The lowest BCUT2D eigenvalue weighted by Crippen LogP contribution is -2.39. The third-order valence-electron chi connectivity index (χ3n) is 4.45. The molecule has 0 aromatic carbocycles. The molecule has 5 heteroatoms. The second-order valence-corrected chi connectivity index (χ2v) is 5.90. The molecule has 3 rings (SSSR count). The van der Waals surface area contributed by atoms with Crippen molar-refractivity contribution in [3.05, 3.63) is 24.0 Å². The Morgan fingerprint density at radius 1 is 1.33 bits per heavy atom. The number of hydrogen-bond acceptors (Lipinski definition) is 4. The fraction of sp³-hybridized carbons (Fsp3) is 0.625. The SMILES string of the molecule is CCNc1ccc(C(=O)N2CCCN3CCCC3C2)nc1. The lowest BCUT2D eigenvalue weighted by Gasteiger charge is -2.25. The summed E-state index contributed by atoms with van der Waals surface area (Å²) in [4.78, 5) is 21.5. The highest BCUT2D eigenvalue weighted by Gasteiger charge is 2.31. The molecule has 1 aromatic rings. The number of nitrogens with zero attached hydrogens (tertiary/aromatic N) is 3. The van der Waals surface area contributed by atoms with Gasteiger partial charge in [0.1, 0.15) is 5.69 Å². The number of pyridine rings is 1. The Labute approximate surface area is 126 Å². The molecule has 0 aliphatic carbocycles. The molecular weight excluding hydrogens is 264 g/mol. The summed E-state index contributed by atoms with van der Waals surface area (Å²) in [5, 5.41) is 3.20. The average molecular weight is 288 g/mol. The fourth-order valence-corrected chi connectivity index (χ4v) is 3.38. The first-order valence-corrected chi connectivity index (χ1v) is 8.01. The van der Waals surface area contributed by atoms with Gasteiger partial charge in [0.15, 0.2) is 0 Å². The molecule has 0 saturated carbocycles. The van der Waals surface area contributed by atoms with E-state index in [0.29, 0.717) is 11.7 Å². The van der Waals surface area contributed by atoms with Crippen molar-refractivity contribution in [1.82, 2.24) is 14.8 Å². The van der Waals surface area contributed by atoms with E-state index in [0.717, 1.165) is 38.3 Å². The molecule has 2 saturated heterocycles. The zero-order valence-corrected chi connectivity index (χ0v) is 12.7. The maximum atomic E-state index is 12.6. The van der Waals surface area contributed by atoms with Crippen LogP contribution in [0.3, 0.4) is 0 Å². The maximum Gasteiger partial charge on any atom is 0.272 e. The molecular formula is C16H24N4O. The van der Waals surface area contributed by atoms with Crippen LogP contribution in [0.5, 0.6) is 0 Å². The zero-order valence-electron chi connectivity index (χ0n) is 12.7. The van der Waals surface area contributed by atoms with Crippen LogP contribution in [0.1, 0.15) is 36.7 Å². The van der Waals surface area contributed by atoms with Crippen molar-refractivity contribution >= 4 is 11.6 Å². The van der Waals surface area contributed by atoms with E-state index in [1.54, 1.807) is 6.20 Å². The molecule has 2 aliphatic rings. The highest BCUT2D eigenvalue weighted by molar-refractivity contribution is 5.92. The Bertz CT molecular complexity index is 488. The molecule has 2 aliphatic heterocycles. The Morgan fingerprint density at radius 2 is 2.19 bits per heavy atom. The zero-order chi connectivity index (χ0) is 14.7. The first-order chi connectivity index (χ1) is 10.3. The van der Waals surface area contributed by atoms with Gasteiger partial charge in [-0.1, -0.05) is 0 Å². The average Bonchev–Trinajstić information content (AvgIpc) is 2.85. The molecule has 1 aromatic heterocycles.